The molecule has 0 spiro atoms. The first-order valence-corrected chi connectivity index (χ1v) is 6.05. The number of nitrogens with one attached hydrogen (secondary N) is 1. The molecule has 1 unspecified atom stereocenters. The number of carbonyl (C=O) groups is 1. The Balaban J connectivity index is 1.76. The van der Waals surface area contributed by atoms with Crippen molar-refractivity contribution in [2.24, 2.45) is 0 Å². The predicted molar refractivity (Wildman–Crippen MR) is 64.6 cm³/mol. The minimum atomic E-state index is -0.142. The van der Waals surface area contributed by atoms with Gasteiger partial charge >= 0.3 is 5.97 Å². The van der Waals surface area contributed by atoms with Crippen molar-refractivity contribution in [1.82, 2.24) is 10.3 Å². The lowest BCUT2D eigenvalue weighted by Crippen LogP contribution is -2.21. The molecule has 0 bridgehead atoms. The second-order valence-corrected chi connectivity index (χ2v) is 4.27. The third-order valence-corrected chi connectivity index (χ3v) is 3.13. The van der Waals surface area contributed by atoms with Crippen LogP contribution in [0.15, 0.2) is 18.3 Å². The van der Waals surface area contributed by atoms with Gasteiger partial charge in [0.05, 0.1) is 18.8 Å². The van der Waals surface area contributed by atoms with Gasteiger partial charge in [-0.15, -0.1) is 0 Å². The van der Waals surface area contributed by atoms with Crippen molar-refractivity contribution in [2.75, 3.05) is 13.7 Å². The second-order valence-electron chi connectivity index (χ2n) is 4.27. The molecule has 0 amide bonds. The fourth-order valence-electron chi connectivity index (χ4n) is 2.22. The third kappa shape index (κ3) is 3.03. The number of nitrogens with zero attached hydrogens (tertiary/aromatic N) is 1. The number of pyridine rings is 1. The molecule has 17 heavy (non-hydrogen) atoms. The quantitative estimate of drug-likeness (QED) is 0.621. The molecule has 4 nitrogen and oxygen atoms in total. The number of carbonyl (C=O) groups excluding carboxylic acids is 1. The number of aromatic nitrogens is 1. The molecule has 0 aromatic carbocycles. The van der Waals surface area contributed by atoms with E-state index in [1.807, 2.05) is 12.3 Å². The smallest absolute Gasteiger partial charge is 0.305 e. The first-order valence-electron chi connectivity index (χ1n) is 6.05. The van der Waals surface area contributed by atoms with Gasteiger partial charge in [-0.2, -0.15) is 0 Å². The molecule has 92 valence electrons. The first kappa shape index (κ1) is 12.0. The fourth-order valence-corrected chi connectivity index (χ4v) is 2.22. The van der Waals surface area contributed by atoms with Gasteiger partial charge in [-0.05, 0) is 37.4 Å². The van der Waals surface area contributed by atoms with Crippen LogP contribution in [-0.2, 0) is 16.0 Å². The minimum absolute atomic E-state index is 0.142. The van der Waals surface area contributed by atoms with Crippen LogP contribution in [0.4, 0.5) is 0 Å². The highest BCUT2D eigenvalue weighted by Crippen LogP contribution is 2.28. The highest BCUT2D eigenvalue weighted by atomic mass is 16.5. The molecule has 1 aromatic rings. The molecule has 0 radical (unpaired) electrons. The van der Waals surface area contributed by atoms with E-state index in [-0.39, 0.29) is 5.97 Å². The number of hydrogen-bond donors (Lipinski definition) is 1. The van der Waals surface area contributed by atoms with Crippen molar-refractivity contribution in [3.05, 3.63) is 29.6 Å². The molecular formula is C13H18N2O2. The van der Waals surface area contributed by atoms with Gasteiger partial charge in [-0.25, -0.2) is 0 Å². The number of ether oxygens (including phenoxy) is 1. The van der Waals surface area contributed by atoms with E-state index in [0.717, 1.165) is 25.8 Å². The van der Waals surface area contributed by atoms with Gasteiger partial charge in [0.25, 0.3) is 0 Å². The van der Waals surface area contributed by atoms with Crippen LogP contribution in [0.1, 0.15) is 36.6 Å². The lowest BCUT2D eigenvalue weighted by Gasteiger charge is -2.12. The van der Waals surface area contributed by atoms with E-state index >= 15 is 0 Å². The van der Waals surface area contributed by atoms with Crippen LogP contribution in [-0.4, -0.2) is 24.6 Å². The van der Waals surface area contributed by atoms with Gasteiger partial charge in [-0.1, -0.05) is 6.07 Å². The Bertz CT molecular complexity index is 393. The van der Waals surface area contributed by atoms with Crippen LogP contribution >= 0.6 is 0 Å². The Kier molecular flexibility index (Phi) is 4.09. The van der Waals surface area contributed by atoms with E-state index in [1.54, 1.807) is 0 Å². The number of esters is 1. The summed E-state index contributed by atoms with van der Waals surface area (Å²) in [6.07, 6.45) is 5.33. The third-order valence-electron chi connectivity index (χ3n) is 3.13. The molecule has 0 saturated heterocycles. The molecule has 4 heteroatoms. The van der Waals surface area contributed by atoms with Crippen LogP contribution in [0, 0.1) is 0 Å². The van der Waals surface area contributed by atoms with Gasteiger partial charge in [0, 0.05) is 12.6 Å². The predicted octanol–water partition coefficient (Wildman–Crippen LogP) is 1.61. The van der Waals surface area contributed by atoms with E-state index in [9.17, 15) is 4.79 Å². The van der Waals surface area contributed by atoms with Crippen molar-refractivity contribution in [3.63, 3.8) is 0 Å². The zero-order valence-electron chi connectivity index (χ0n) is 10.1. The Morgan fingerprint density at radius 3 is 3.35 bits per heavy atom. The maximum Gasteiger partial charge on any atom is 0.305 e. The fraction of sp³-hybridized carbons (Fsp3) is 0.538. The van der Waals surface area contributed by atoms with Crippen LogP contribution in [0.3, 0.4) is 0 Å². The minimum Gasteiger partial charge on any atom is -0.469 e. The number of rotatable bonds is 5. The van der Waals surface area contributed by atoms with Gasteiger partial charge in [0.15, 0.2) is 0 Å². The van der Waals surface area contributed by atoms with Crippen molar-refractivity contribution in [2.45, 2.75) is 31.7 Å². The highest BCUT2D eigenvalue weighted by molar-refractivity contribution is 5.69. The average Bonchev–Trinajstić information content (AvgIpc) is 2.78. The zero-order chi connectivity index (χ0) is 12.1. The van der Waals surface area contributed by atoms with Crippen molar-refractivity contribution in [3.8, 4) is 0 Å². The van der Waals surface area contributed by atoms with Gasteiger partial charge in [0.2, 0.25) is 0 Å². The number of aryl methyl sites for hydroxylation is 1. The normalized spacial score (nSPS) is 17.8. The Morgan fingerprint density at radius 1 is 1.65 bits per heavy atom. The number of hydrogen-bond acceptors (Lipinski definition) is 4. The largest absolute Gasteiger partial charge is 0.469 e. The summed E-state index contributed by atoms with van der Waals surface area (Å²) in [5, 5.41) is 3.45. The van der Waals surface area contributed by atoms with E-state index in [4.69, 9.17) is 0 Å². The van der Waals surface area contributed by atoms with E-state index in [1.165, 1.54) is 18.4 Å². The zero-order valence-corrected chi connectivity index (χ0v) is 10.1. The summed E-state index contributed by atoms with van der Waals surface area (Å²) >= 11 is 0. The van der Waals surface area contributed by atoms with Crippen LogP contribution in [0.2, 0.25) is 0 Å². The number of methoxy groups -OCH3 is 1. The molecule has 0 saturated carbocycles. The summed E-state index contributed by atoms with van der Waals surface area (Å²) in [6.45, 7) is 0.829. The Hall–Kier alpha value is -1.42. The molecule has 1 aliphatic rings. The molecule has 1 aromatic heterocycles. The van der Waals surface area contributed by atoms with E-state index in [2.05, 4.69) is 21.1 Å². The van der Waals surface area contributed by atoms with Gasteiger partial charge < -0.3 is 10.1 Å². The lowest BCUT2D eigenvalue weighted by molar-refractivity contribution is -0.140. The summed E-state index contributed by atoms with van der Waals surface area (Å²) in [5.74, 6) is -0.142. The van der Waals surface area contributed by atoms with E-state index in [0.29, 0.717) is 12.5 Å². The van der Waals surface area contributed by atoms with Crippen molar-refractivity contribution < 1.29 is 9.53 Å². The summed E-state index contributed by atoms with van der Waals surface area (Å²) in [4.78, 5) is 15.4. The first-order chi connectivity index (χ1) is 8.31. The summed E-state index contributed by atoms with van der Waals surface area (Å²) in [7, 11) is 1.42. The SMILES string of the molecule is COC(=O)CCCNC1CCc2cccnc21. The molecule has 0 aliphatic heterocycles. The molecule has 1 atom stereocenters. The summed E-state index contributed by atoms with van der Waals surface area (Å²) < 4.78 is 4.60. The topological polar surface area (TPSA) is 51.2 Å². The molecule has 1 N–H and O–H groups in total. The van der Waals surface area contributed by atoms with Crippen LogP contribution in [0.5, 0.6) is 0 Å². The number of fused-ring (bicyclic) bond motifs is 1. The Labute approximate surface area is 101 Å². The van der Waals surface area contributed by atoms with Crippen LogP contribution < -0.4 is 5.32 Å². The standard InChI is InChI=1S/C13H18N2O2/c1-17-12(16)5-3-8-14-11-7-6-10-4-2-9-15-13(10)11/h2,4,9,11,14H,3,5-8H2,1H3. The molecule has 1 heterocycles. The van der Waals surface area contributed by atoms with E-state index < -0.39 is 0 Å². The van der Waals surface area contributed by atoms with Crippen LogP contribution in [0.25, 0.3) is 0 Å². The molecule has 2 rings (SSSR count). The maximum absolute atomic E-state index is 10.9. The average molecular weight is 234 g/mol. The molecule has 1 aliphatic carbocycles. The lowest BCUT2D eigenvalue weighted by atomic mass is 10.2. The molecular weight excluding hydrogens is 216 g/mol. The second kappa shape index (κ2) is 5.77. The van der Waals surface area contributed by atoms with Crippen molar-refractivity contribution in [1.29, 1.82) is 0 Å². The Morgan fingerprint density at radius 2 is 2.53 bits per heavy atom. The van der Waals surface area contributed by atoms with Crippen molar-refractivity contribution >= 4 is 5.97 Å². The maximum atomic E-state index is 10.9. The highest BCUT2D eigenvalue weighted by Gasteiger charge is 2.22. The van der Waals surface area contributed by atoms with Gasteiger partial charge in [-0.3, -0.25) is 9.78 Å². The summed E-state index contributed by atoms with van der Waals surface area (Å²) in [6, 6.07) is 4.47. The summed E-state index contributed by atoms with van der Waals surface area (Å²) in [5.41, 5.74) is 2.52. The molecule has 0 fully saturated rings. The monoisotopic (exact) mass is 234 g/mol. The van der Waals surface area contributed by atoms with Gasteiger partial charge in [0.1, 0.15) is 0 Å².